The lowest BCUT2D eigenvalue weighted by atomic mass is 10.4. The highest BCUT2D eigenvalue weighted by Gasteiger charge is 2.09. The molecule has 14 heavy (non-hydrogen) atoms. The van der Waals surface area contributed by atoms with Crippen LogP contribution in [-0.4, -0.2) is 36.3 Å². The van der Waals surface area contributed by atoms with Gasteiger partial charge in [0.2, 0.25) is 0 Å². The number of halogens is 1. The number of ether oxygens (including phenoxy) is 1. The average molecular weight is 197 g/mol. The highest BCUT2D eigenvalue weighted by Crippen LogP contribution is 2.06. The van der Waals surface area contributed by atoms with Gasteiger partial charge in [0.1, 0.15) is 11.6 Å². The Morgan fingerprint density at radius 3 is 2.79 bits per heavy atom. The number of anilines is 1. The summed E-state index contributed by atoms with van der Waals surface area (Å²) < 4.78 is 17.7. The average Bonchev–Trinajstić information content (AvgIpc) is 2.23. The van der Waals surface area contributed by atoms with Crippen LogP contribution in [0.15, 0.2) is 18.3 Å². The Bertz CT molecular complexity index is 285. The molecular weight excluding hydrogens is 185 g/mol. The Balaban J connectivity index is 1.92. The number of nitrogens with one attached hydrogen (secondary N) is 1. The molecule has 0 saturated carbocycles. The van der Waals surface area contributed by atoms with Gasteiger partial charge >= 0.3 is 0 Å². The van der Waals surface area contributed by atoms with Crippen molar-refractivity contribution in [3.8, 4) is 0 Å². The molecule has 4 nitrogen and oxygen atoms in total. The molecule has 1 saturated heterocycles. The largest absolute Gasteiger partial charge is 0.379 e. The van der Waals surface area contributed by atoms with Crippen LogP contribution in [-0.2, 0) is 4.74 Å². The maximum absolute atomic E-state index is 12.5. The van der Waals surface area contributed by atoms with Crippen molar-refractivity contribution in [2.24, 2.45) is 0 Å². The Kier molecular flexibility index (Phi) is 2.90. The molecule has 2 heterocycles. The minimum absolute atomic E-state index is 0.322. The van der Waals surface area contributed by atoms with E-state index in [0.29, 0.717) is 19.0 Å². The third-order valence-electron chi connectivity index (χ3n) is 2.01. The molecule has 0 spiro atoms. The molecule has 0 amide bonds. The molecular formula is C9H12FN3O. The van der Waals surface area contributed by atoms with Crippen molar-refractivity contribution in [2.45, 2.75) is 0 Å². The van der Waals surface area contributed by atoms with E-state index in [0.717, 1.165) is 13.1 Å². The summed E-state index contributed by atoms with van der Waals surface area (Å²) in [5.41, 5.74) is 3.08. The van der Waals surface area contributed by atoms with Gasteiger partial charge in [0.25, 0.3) is 0 Å². The first-order valence-corrected chi connectivity index (χ1v) is 4.55. The normalized spacial score (nSPS) is 18.1. The van der Waals surface area contributed by atoms with Crippen molar-refractivity contribution in [2.75, 3.05) is 31.7 Å². The monoisotopic (exact) mass is 197 g/mol. The maximum atomic E-state index is 12.5. The van der Waals surface area contributed by atoms with E-state index in [1.54, 1.807) is 6.07 Å². The number of hydrazine groups is 1. The van der Waals surface area contributed by atoms with Gasteiger partial charge < -0.3 is 10.2 Å². The van der Waals surface area contributed by atoms with E-state index in [4.69, 9.17) is 4.74 Å². The molecule has 2 rings (SSSR count). The van der Waals surface area contributed by atoms with Crippen LogP contribution < -0.4 is 5.43 Å². The molecule has 1 aliphatic heterocycles. The van der Waals surface area contributed by atoms with Crippen molar-refractivity contribution in [1.29, 1.82) is 0 Å². The summed E-state index contributed by atoms with van der Waals surface area (Å²) in [6.07, 6.45) is 1.20. The van der Waals surface area contributed by atoms with Gasteiger partial charge in [-0.25, -0.2) is 14.4 Å². The first-order valence-electron chi connectivity index (χ1n) is 4.55. The van der Waals surface area contributed by atoms with Crippen LogP contribution in [0.25, 0.3) is 0 Å². The Morgan fingerprint density at radius 1 is 1.36 bits per heavy atom. The highest BCUT2D eigenvalue weighted by atomic mass is 19.1. The van der Waals surface area contributed by atoms with E-state index in [9.17, 15) is 4.39 Å². The third-order valence-corrected chi connectivity index (χ3v) is 2.01. The predicted molar refractivity (Wildman–Crippen MR) is 50.2 cm³/mol. The molecule has 0 unspecified atom stereocenters. The minimum Gasteiger partial charge on any atom is -0.379 e. The van der Waals surface area contributed by atoms with Gasteiger partial charge in [-0.1, -0.05) is 0 Å². The zero-order valence-electron chi connectivity index (χ0n) is 7.74. The van der Waals surface area contributed by atoms with Gasteiger partial charge in [0.05, 0.1) is 19.4 Å². The SMILES string of the molecule is Fc1ccc(NN2CCOCC2)nc1. The van der Waals surface area contributed by atoms with Gasteiger partial charge in [0, 0.05) is 13.1 Å². The van der Waals surface area contributed by atoms with E-state index < -0.39 is 0 Å². The number of hydrogen-bond acceptors (Lipinski definition) is 4. The summed E-state index contributed by atoms with van der Waals surface area (Å²) in [6, 6.07) is 3.00. The number of aromatic nitrogens is 1. The van der Waals surface area contributed by atoms with E-state index in [1.165, 1.54) is 12.3 Å². The van der Waals surface area contributed by atoms with Crippen molar-refractivity contribution < 1.29 is 9.13 Å². The Labute approximate surface area is 81.7 Å². The molecule has 1 aromatic rings. The summed E-state index contributed by atoms with van der Waals surface area (Å²) in [5, 5.41) is 2.00. The molecule has 0 aliphatic carbocycles. The molecule has 0 aromatic carbocycles. The standard InChI is InChI=1S/C9H12FN3O/c10-8-1-2-9(11-7-8)12-13-3-5-14-6-4-13/h1-2,7H,3-6H2,(H,11,12). The quantitative estimate of drug-likeness (QED) is 0.763. The van der Waals surface area contributed by atoms with Crippen molar-refractivity contribution >= 4 is 5.82 Å². The van der Waals surface area contributed by atoms with Crippen molar-refractivity contribution in [1.82, 2.24) is 9.99 Å². The van der Waals surface area contributed by atoms with Crippen LogP contribution in [0.1, 0.15) is 0 Å². The zero-order valence-corrected chi connectivity index (χ0v) is 7.74. The van der Waals surface area contributed by atoms with E-state index in [2.05, 4.69) is 10.4 Å². The summed E-state index contributed by atoms with van der Waals surface area (Å²) in [4.78, 5) is 3.90. The van der Waals surface area contributed by atoms with Crippen molar-refractivity contribution in [3.63, 3.8) is 0 Å². The third kappa shape index (κ3) is 2.40. The molecule has 76 valence electrons. The van der Waals surface area contributed by atoms with E-state index >= 15 is 0 Å². The first-order chi connectivity index (χ1) is 6.84. The van der Waals surface area contributed by atoms with Crippen LogP contribution in [0.3, 0.4) is 0 Å². The number of pyridine rings is 1. The zero-order chi connectivity index (χ0) is 9.80. The fourth-order valence-corrected chi connectivity index (χ4v) is 1.28. The highest BCUT2D eigenvalue weighted by molar-refractivity contribution is 5.32. The molecule has 1 aromatic heterocycles. The first kappa shape index (κ1) is 9.36. The summed E-state index contributed by atoms with van der Waals surface area (Å²) in [7, 11) is 0. The molecule has 1 fully saturated rings. The van der Waals surface area contributed by atoms with Crippen LogP contribution in [0.2, 0.25) is 0 Å². The smallest absolute Gasteiger partial charge is 0.141 e. The topological polar surface area (TPSA) is 37.4 Å². The van der Waals surface area contributed by atoms with Gasteiger partial charge in [-0.2, -0.15) is 0 Å². The fraction of sp³-hybridized carbons (Fsp3) is 0.444. The van der Waals surface area contributed by atoms with Gasteiger partial charge in [-0.15, -0.1) is 0 Å². The van der Waals surface area contributed by atoms with E-state index in [-0.39, 0.29) is 5.82 Å². The molecule has 5 heteroatoms. The number of hydrogen-bond donors (Lipinski definition) is 1. The van der Waals surface area contributed by atoms with Crippen LogP contribution in [0.5, 0.6) is 0 Å². The second-order valence-corrected chi connectivity index (χ2v) is 3.07. The lowest BCUT2D eigenvalue weighted by Crippen LogP contribution is -2.40. The van der Waals surface area contributed by atoms with Crippen LogP contribution in [0.4, 0.5) is 10.2 Å². The molecule has 1 N–H and O–H groups in total. The molecule has 0 atom stereocenters. The lowest BCUT2D eigenvalue weighted by Gasteiger charge is -2.27. The fourth-order valence-electron chi connectivity index (χ4n) is 1.28. The summed E-state index contributed by atoms with van der Waals surface area (Å²) >= 11 is 0. The maximum Gasteiger partial charge on any atom is 0.141 e. The predicted octanol–water partition coefficient (Wildman–Crippen LogP) is 0.880. The van der Waals surface area contributed by atoms with Gasteiger partial charge in [-0.3, -0.25) is 0 Å². The molecule has 0 bridgehead atoms. The van der Waals surface area contributed by atoms with Crippen LogP contribution >= 0.6 is 0 Å². The number of nitrogens with zero attached hydrogens (tertiary/aromatic N) is 2. The van der Waals surface area contributed by atoms with E-state index in [1.807, 2.05) is 5.01 Å². The summed E-state index contributed by atoms with van der Waals surface area (Å²) in [6.45, 7) is 3.07. The van der Waals surface area contributed by atoms with Gasteiger partial charge in [0.15, 0.2) is 0 Å². The molecule has 0 radical (unpaired) electrons. The van der Waals surface area contributed by atoms with Crippen molar-refractivity contribution in [3.05, 3.63) is 24.1 Å². The van der Waals surface area contributed by atoms with Crippen LogP contribution in [0, 0.1) is 5.82 Å². The number of rotatable bonds is 2. The second kappa shape index (κ2) is 4.34. The lowest BCUT2D eigenvalue weighted by molar-refractivity contribution is 0.0495. The Hall–Kier alpha value is -1.20. The number of morpholine rings is 1. The Morgan fingerprint density at radius 2 is 2.14 bits per heavy atom. The minimum atomic E-state index is -0.322. The van der Waals surface area contributed by atoms with Gasteiger partial charge in [-0.05, 0) is 12.1 Å². The second-order valence-electron chi connectivity index (χ2n) is 3.07. The molecule has 1 aliphatic rings. The summed E-state index contributed by atoms with van der Waals surface area (Å²) in [5.74, 6) is 0.339.